The lowest BCUT2D eigenvalue weighted by molar-refractivity contribution is 0.111. The minimum Gasteiger partial charge on any atom is -0.491 e. The van der Waals surface area contributed by atoms with Gasteiger partial charge in [-0.3, -0.25) is 4.79 Å². The Morgan fingerprint density at radius 3 is 2.74 bits per heavy atom. The van der Waals surface area contributed by atoms with Crippen LogP contribution in [0.5, 0.6) is 5.75 Å². The van der Waals surface area contributed by atoms with Crippen molar-refractivity contribution < 1.29 is 9.53 Å². The molecule has 4 heteroatoms. The van der Waals surface area contributed by atoms with Crippen molar-refractivity contribution in [2.45, 2.75) is 13.0 Å². The van der Waals surface area contributed by atoms with Crippen LogP contribution in [0.1, 0.15) is 16.2 Å². The van der Waals surface area contributed by atoms with Crippen LogP contribution in [-0.2, 0) is 13.0 Å². The summed E-state index contributed by atoms with van der Waals surface area (Å²) >= 11 is 0. The zero-order valence-electron chi connectivity index (χ0n) is 12.8. The van der Waals surface area contributed by atoms with Crippen LogP contribution in [0.2, 0.25) is 0 Å². The first-order chi connectivity index (χ1) is 11.3. The fourth-order valence-corrected chi connectivity index (χ4v) is 2.63. The van der Waals surface area contributed by atoms with Gasteiger partial charge < -0.3 is 9.30 Å². The summed E-state index contributed by atoms with van der Waals surface area (Å²) < 4.78 is 7.79. The number of ether oxygens (including phenoxy) is 1. The summed E-state index contributed by atoms with van der Waals surface area (Å²) in [5, 5.41) is 0. The highest BCUT2D eigenvalue weighted by Gasteiger charge is 2.09. The topological polar surface area (TPSA) is 44.1 Å². The van der Waals surface area contributed by atoms with Crippen LogP contribution in [0.3, 0.4) is 0 Å². The Morgan fingerprint density at radius 2 is 1.91 bits per heavy atom. The van der Waals surface area contributed by atoms with Gasteiger partial charge in [0.15, 0.2) is 12.1 Å². The number of carbonyl (C=O) groups is 1. The maximum absolute atomic E-state index is 11.2. The highest BCUT2D eigenvalue weighted by Crippen LogP contribution is 2.19. The molecule has 3 rings (SSSR count). The van der Waals surface area contributed by atoms with Crippen LogP contribution >= 0.6 is 0 Å². The minimum atomic E-state index is 0.425. The van der Waals surface area contributed by atoms with Crippen molar-refractivity contribution in [1.82, 2.24) is 9.55 Å². The minimum absolute atomic E-state index is 0.425. The van der Waals surface area contributed by atoms with Crippen molar-refractivity contribution in [3.05, 3.63) is 72.6 Å². The molecule has 0 atom stereocenters. The van der Waals surface area contributed by atoms with E-state index in [1.807, 2.05) is 59.2 Å². The Labute approximate surface area is 135 Å². The van der Waals surface area contributed by atoms with Gasteiger partial charge in [-0.2, -0.15) is 0 Å². The average Bonchev–Trinajstić information content (AvgIpc) is 2.95. The Hall–Kier alpha value is -2.88. The van der Waals surface area contributed by atoms with Gasteiger partial charge in [0, 0.05) is 0 Å². The van der Waals surface area contributed by atoms with Crippen molar-refractivity contribution in [2.24, 2.45) is 0 Å². The summed E-state index contributed by atoms with van der Waals surface area (Å²) in [6, 6.07) is 15.6. The molecular weight excluding hydrogens is 288 g/mol. The van der Waals surface area contributed by atoms with Gasteiger partial charge >= 0.3 is 0 Å². The van der Waals surface area contributed by atoms with Crippen LogP contribution in [0.15, 0.2) is 61.2 Å². The molecule has 3 aromatic rings. The van der Waals surface area contributed by atoms with Gasteiger partial charge in [-0.1, -0.05) is 36.4 Å². The zero-order valence-corrected chi connectivity index (χ0v) is 12.8. The van der Waals surface area contributed by atoms with Gasteiger partial charge in [-0.25, -0.2) is 4.98 Å². The van der Waals surface area contributed by atoms with E-state index in [1.54, 1.807) is 0 Å². The molecule has 0 amide bonds. The molecule has 2 aromatic carbocycles. The van der Waals surface area contributed by atoms with Crippen LogP contribution in [0.25, 0.3) is 11.0 Å². The third-order valence-electron chi connectivity index (χ3n) is 3.70. The molecule has 1 heterocycles. The van der Waals surface area contributed by atoms with E-state index in [9.17, 15) is 4.79 Å². The highest BCUT2D eigenvalue weighted by atomic mass is 16.5. The standard InChI is InChI=1S/C19H18N2O2/c1-2-7-15-8-3-6-11-18(15)23-13-12-21-17-10-5-4-9-16(17)20-19(21)14-22/h2-6,8-11,14H,1,7,12-13H2. The van der Waals surface area contributed by atoms with E-state index in [4.69, 9.17) is 4.74 Å². The number of rotatable bonds is 7. The number of carbonyl (C=O) groups excluding carboxylic acids is 1. The molecule has 0 saturated heterocycles. The van der Waals surface area contributed by atoms with Crippen molar-refractivity contribution in [2.75, 3.05) is 6.61 Å². The fourth-order valence-electron chi connectivity index (χ4n) is 2.63. The molecular formula is C19H18N2O2. The number of para-hydroxylation sites is 3. The van der Waals surface area contributed by atoms with Crippen molar-refractivity contribution in [3.8, 4) is 5.75 Å². The first-order valence-corrected chi connectivity index (χ1v) is 7.55. The molecule has 0 N–H and O–H groups in total. The summed E-state index contributed by atoms with van der Waals surface area (Å²) in [6.07, 6.45) is 3.41. The van der Waals surface area contributed by atoms with E-state index < -0.39 is 0 Å². The van der Waals surface area contributed by atoms with Gasteiger partial charge in [0.05, 0.1) is 17.6 Å². The lowest BCUT2D eigenvalue weighted by atomic mass is 10.1. The highest BCUT2D eigenvalue weighted by molar-refractivity contribution is 5.82. The summed E-state index contributed by atoms with van der Waals surface area (Å²) in [5.41, 5.74) is 2.87. The number of hydrogen-bond donors (Lipinski definition) is 0. The smallest absolute Gasteiger partial charge is 0.185 e. The number of allylic oxidation sites excluding steroid dienone is 1. The Kier molecular flexibility index (Phi) is 4.52. The van der Waals surface area contributed by atoms with E-state index in [0.29, 0.717) is 19.0 Å². The fraction of sp³-hybridized carbons (Fsp3) is 0.158. The predicted octanol–water partition coefficient (Wildman–Crippen LogP) is 3.66. The molecule has 0 aliphatic carbocycles. The molecule has 1 aromatic heterocycles. The first-order valence-electron chi connectivity index (χ1n) is 7.55. The second kappa shape index (κ2) is 6.92. The number of nitrogens with zero attached hydrogens (tertiary/aromatic N) is 2. The number of benzene rings is 2. The third-order valence-corrected chi connectivity index (χ3v) is 3.70. The van der Waals surface area contributed by atoms with Crippen LogP contribution in [0.4, 0.5) is 0 Å². The monoisotopic (exact) mass is 306 g/mol. The molecule has 0 saturated carbocycles. The van der Waals surface area contributed by atoms with Crippen LogP contribution in [0, 0.1) is 0 Å². The second-order valence-electron chi connectivity index (χ2n) is 5.18. The van der Waals surface area contributed by atoms with Crippen LogP contribution < -0.4 is 4.74 Å². The molecule has 0 fully saturated rings. The maximum Gasteiger partial charge on any atom is 0.185 e. The SMILES string of the molecule is C=CCc1ccccc1OCCn1c(C=O)nc2ccccc21. The summed E-state index contributed by atoms with van der Waals surface area (Å²) in [4.78, 5) is 15.6. The van der Waals surface area contributed by atoms with E-state index in [1.165, 1.54) is 0 Å². The van der Waals surface area contributed by atoms with Crippen molar-refractivity contribution in [3.63, 3.8) is 0 Å². The third kappa shape index (κ3) is 3.16. The van der Waals surface area contributed by atoms with Crippen molar-refractivity contribution in [1.29, 1.82) is 0 Å². The molecule has 0 aliphatic heterocycles. The molecule has 23 heavy (non-hydrogen) atoms. The lowest BCUT2D eigenvalue weighted by Crippen LogP contribution is -2.11. The Bertz CT molecular complexity index is 836. The van der Waals surface area contributed by atoms with E-state index in [-0.39, 0.29) is 0 Å². The Balaban J connectivity index is 1.77. The summed E-state index contributed by atoms with van der Waals surface area (Å²) in [5.74, 6) is 1.28. The van der Waals surface area contributed by atoms with Crippen molar-refractivity contribution >= 4 is 17.3 Å². The van der Waals surface area contributed by atoms with Gasteiger partial charge in [0.25, 0.3) is 0 Å². The number of aldehydes is 1. The molecule has 0 unspecified atom stereocenters. The number of fused-ring (bicyclic) bond motifs is 1. The molecule has 116 valence electrons. The lowest BCUT2D eigenvalue weighted by Gasteiger charge is -2.11. The Morgan fingerprint density at radius 1 is 1.13 bits per heavy atom. The van der Waals surface area contributed by atoms with E-state index in [0.717, 1.165) is 35.1 Å². The summed E-state index contributed by atoms with van der Waals surface area (Å²) in [7, 11) is 0. The normalized spacial score (nSPS) is 10.6. The van der Waals surface area contributed by atoms with Gasteiger partial charge in [0.1, 0.15) is 12.4 Å². The molecule has 0 spiro atoms. The number of imidazole rings is 1. The van der Waals surface area contributed by atoms with E-state index >= 15 is 0 Å². The molecule has 4 nitrogen and oxygen atoms in total. The number of aromatic nitrogens is 2. The molecule has 0 bridgehead atoms. The second-order valence-corrected chi connectivity index (χ2v) is 5.18. The largest absolute Gasteiger partial charge is 0.491 e. The quantitative estimate of drug-likeness (QED) is 0.494. The van der Waals surface area contributed by atoms with Gasteiger partial charge in [-0.05, 0) is 30.2 Å². The average molecular weight is 306 g/mol. The molecule has 0 aliphatic rings. The first kappa shape index (κ1) is 15.0. The van der Waals surface area contributed by atoms with Gasteiger partial charge in [-0.15, -0.1) is 6.58 Å². The van der Waals surface area contributed by atoms with Gasteiger partial charge in [0.2, 0.25) is 0 Å². The van der Waals surface area contributed by atoms with E-state index in [2.05, 4.69) is 11.6 Å². The molecule has 0 radical (unpaired) electrons. The predicted molar refractivity (Wildman–Crippen MR) is 91.0 cm³/mol. The zero-order chi connectivity index (χ0) is 16.1. The number of hydrogen-bond acceptors (Lipinski definition) is 3. The summed E-state index contributed by atoms with van der Waals surface area (Å²) in [6.45, 7) is 4.80. The van der Waals surface area contributed by atoms with Crippen LogP contribution in [-0.4, -0.2) is 22.4 Å². The maximum atomic E-state index is 11.2.